The first kappa shape index (κ1) is 27.6. The average Bonchev–Trinajstić information content (AvgIpc) is 3.15. The molecule has 3 fully saturated rings. The van der Waals surface area contributed by atoms with Crippen molar-refractivity contribution >= 4 is 0 Å². The van der Waals surface area contributed by atoms with Gasteiger partial charge < -0.3 is 14.4 Å². The van der Waals surface area contributed by atoms with Gasteiger partial charge in [-0.15, -0.1) is 0 Å². The van der Waals surface area contributed by atoms with Crippen molar-refractivity contribution in [2.75, 3.05) is 34.0 Å². The fourth-order valence-electron chi connectivity index (χ4n) is 9.24. The molecule has 0 spiro atoms. The predicted molar refractivity (Wildman–Crippen MR) is 147 cm³/mol. The SMILES string of the molecule is CC(C)CCCC(C)C1CCC2C3CC=C4CC(OCOCCN(C)C)CCC4(C)C3CCC12C. The minimum Gasteiger partial charge on any atom is -0.354 e. The van der Waals surface area contributed by atoms with Crippen LogP contribution in [0, 0.1) is 46.3 Å². The van der Waals surface area contributed by atoms with E-state index in [0.29, 0.717) is 23.7 Å². The molecule has 0 bridgehead atoms. The normalized spacial score (nSPS) is 39.8. The van der Waals surface area contributed by atoms with Gasteiger partial charge in [0, 0.05) is 6.54 Å². The largest absolute Gasteiger partial charge is 0.354 e. The van der Waals surface area contributed by atoms with Crippen molar-refractivity contribution in [1.82, 2.24) is 4.90 Å². The van der Waals surface area contributed by atoms with Crippen LogP contribution in [0.25, 0.3) is 0 Å². The molecule has 35 heavy (non-hydrogen) atoms. The Morgan fingerprint density at radius 1 is 1.00 bits per heavy atom. The molecule has 0 aromatic rings. The van der Waals surface area contributed by atoms with Gasteiger partial charge in [-0.05, 0) is 112 Å². The van der Waals surface area contributed by atoms with E-state index in [0.717, 1.165) is 55.1 Å². The molecule has 0 radical (unpaired) electrons. The van der Waals surface area contributed by atoms with E-state index in [1.165, 1.54) is 64.2 Å². The van der Waals surface area contributed by atoms with Crippen LogP contribution >= 0.6 is 0 Å². The van der Waals surface area contributed by atoms with Crippen LogP contribution in [0.1, 0.15) is 105 Å². The maximum absolute atomic E-state index is 6.19. The van der Waals surface area contributed by atoms with E-state index in [1.54, 1.807) is 5.57 Å². The first-order valence-corrected chi connectivity index (χ1v) is 15.2. The molecule has 8 atom stereocenters. The van der Waals surface area contributed by atoms with Crippen LogP contribution in [0.3, 0.4) is 0 Å². The summed E-state index contributed by atoms with van der Waals surface area (Å²) in [6.45, 7) is 14.9. The Kier molecular flexibility index (Phi) is 9.14. The first-order valence-electron chi connectivity index (χ1n) is 15.2. The summed E-state index contributed by atoms with van der Waals surface area (Å²) in [7, 11) is 4.17. The summed E-state index contributed by atoms with van der Waals surface area (Å²) in [5.41, 5.74) is 2.73. The number of fused-ring (bicyclic) bond motifs is 5. The zero-order chi connectivity index (χ0) is 25.2. The van der Waals surface area contributed by atoms with E-state index < -0.39 is 0 Å². The van der Waals surface area contributed by atoms with Crippen LogP contribution in [-0.2, 0) is 9.47 Å². The van der Waals surface area contributed by atoms with Gasteiger partial charge in [0.05, 0.1) is 12.7 Å². The molecule has 4 aliphatic carbocycles. The summed E-state index contributed by atoms with van der Waals surface area (Å²) < 4.78 is 11.9. The quantitative estimate of drug-likeness (QED) is 0.168. The molecule has 0 heterocycles. The Labute approximate surface area is 217 Å². The molecule has 4 rings (SSSR count). The Morgan fingerprint density at radius 2 is 1.80 bits per heavy atom. The Bertz CT molecular complexity index is 716. The van der Waals surface area contributed by atoms with Gasteiger partial charge in [-0.2, -0.15) is 0 Å². The molecule has 3 heteroatoms. The lowest BCUT2D eigenvalue weighted by molar-refractivity contribution is -0.111. The van der Waals surface area contributed by atoms with Crippen LogP contribution in [0.5, 0.6) is 0 Å². The molecule has 3 nitrogen and oxygen atoms in total. The van der Waals surface area contributed by atoms with Crippen LogP contribution in [0.2, 0.25) is 0 Å². The summed E-state index contributed by atoms with van der Waals surface area (Å²) in [6, 6.07) is 0. The van der Waals surface area contributed by atoms with E-state index in [1.807, 2.05) is 0 Å². The third-order valence-corrected chi connectivity index (χ3v) is 11.3. The van der Waals surface area contributed by atoms with Crippen molar-refractivity contribution < 1.29 is 9.47 Å². The number of allylic oxidation sites excluding steroid dienone is 1. The van der Waals surface area contributed by atoms with Crippen LogP contribution in [0.4, 0.5) is 0 Å². The molecule has 8 unspecified atom stereocenters. The molecular formula is C32H57NO2. The second-order valence-corrected chi connectivity index (χ2v) is 14.2. The van der Waals surface area contributed by atoms with Gasteiger partial charge in [-0.1, -0.05) is 65.5 Å². The van der Waals surface area contributed by atoms with E-state index in [-0.39, 0.29) is 0 Å². The molecule has 0 amide bonds. The van der Waals surface area contributed by atoms with E-state index in [4.69, 9.17) is 9.47 Å². The molecule has 0 aromatic carbocycles. The number of hydrogen-bond acceptors (Lipinski definition) is 3. The smallest absolute Gasteiger partial charge is 0.147 e. The summed E-state index contributed by atoms with van der Waals surface area (Å²) in [6.07, 6.45) is 18.2. The van der Waals surface area contributed by atoms with Gasteiger partial charge in [0.25, 0.3) is 0 Å². The lowest BCUT2D eigenvalue weighted by Crippen LogP contribution is -2.51. The summed E-state index contributed by atoms with van der Waals surface area (Å²) in [5, 5.41) is 0. The van der Waals surface area contributed by atoms with Crippen LogP contribution in [-0.4, -0.2) is 45.0 Å². The highest BCUT2D eigenvalue weighted by molar-refractivity contribution is 5.25. The molecule has 0 N–H and O–H groups in total. The Balaban J connectivity index is 1.35. The fourth-order valence-corrected chi connectivity index (χ4v) is 9.24. The molecule has 202 valence electrons. The van der Waals surface area contributed by atoms with Gasteiger partial charge >= 0.3 is 0 Å². The highest BCUT2D eigenvalue weighted by atomic mass is 16.7. The number of rotatable bonds is 11. The zero-order valence-electron chi connectivity index (χ0n) is 24.3. The molecule has 0 aromatic heterocycles. The third-order valence-electron chi connectivity index (χ3n) is 11.3. The highest BCUT2D eigenvalue weighted by Crippen LogP contribution is 2.67. The van der Waals surface area contributed by atoms with Crippen molar-refractivity contribution in [1.29, 1.82) is 0 Å². The maximum Gasteiger partial charge on any atom is 0.147 e. The lowest BCUT2D eigenvalue weighted by atomic mass is 9.47. The highest BCUT2D eigenvalue weighted by Gasteiger charge is 2.59. The van der Waals surface area contributed by atoms with E-state index in [2.05, 4.69) is 59.7 Å². The second-order valence-electron chi connectivity index (χ2n) is 14.2. The molecule has 0 aliphatic heterocycles. The Morgan fingerprint density at radius 3 is 2.54 bits per heavy atom. The van der Waals surface area contributed by atoms with Crippen LogP contribution < -0.4 is 0 Å². The maximum atomic E-state index is 6.19. The standard InChI is InChI=1S/C32H57NO2/c1-23(2)9-8-10-24(3)28-13-14-29-27-12-11-25-21-26(35-22-34-20-19-33(6)7)15-17-31(25,4)30(27)16-18-32(28,29)5/h11,23-24,26-30H,8-10,12-22H2,1-7H3. The topological polar surface area (TPSA) is 21.7 Å². The van der Waals surface area contributed by atoms with E-state index >= 15 is 0 Å². The predicted octanol–water partition coefficient (Wildman–Crippen LogP) is 7.95. The van der Waals surface area contributed by atoms with E-state index in [9.17, 15) is 0 Å². The first-order chi connectivity index (χ1) is 16.6. The van der Waals surface area contributed by atoms with Crippen molar-refractivity contribution in [3.8, 4) is 0 Å². The average molecular weight is 488 g/mol. The molecule has 0 saturated heterocycles. The van der Waals surface area contributed by atoms with Gasteiger partial charge in [0.1, 0.15) is 6.79 Å². The minimum absolute atomic E-state index is 0.349. The second kappa shape index (κ2) is 11.6. The molecule has 3 saturated carbocycles. The van der Waals surface area contributed by atoms with Gasteiger partial charge in [0.2, 0.25) is 0 Å². The van der Waals surface area contributed by atoms with Crippen molar-refractivity contribution in [2.24, 2.45) is 46.3 Å². The molecule has 4 aliphatic rings. The number of likely N-dealkylation sites (N-methyl/N-ethyl adjacent to an activating group) is 1. The summed E-state index contributed by atoms with van der Waals surface area (Å²) in [4.78, 5) is 2.16. The number of hydrogen-bond donors (Lipinski definition) is 0. The van der Waals surface area contributed by atoms with Crippen molar-refractivity contribution in [2.45, 2.75) is 111 Å². The van der Waals surface area contributed by atoms with Gasteiger partial charge in [-0.3, -0.25) is 0 Å². The van der Waals surface area contributed by atoms with Gasteiger partial charge in [-0.25, -0.2) is 0 Å². The number of nitrogens with zero attached hydrogens (tertiary/aromatic N) is 1. The monoisotopic (exact) mass is 487 g/mol. The van der Waals surface area contributed by atoms with Gasteiger partial charge in [0.15, 0.2) is 0 Å². The number of ether oxygens (including phenoxy) is 2. The van der Waals surface area contributed by atoms with Crippen molar-refractivity contribution in [3.63, 3.8) is 0 Å². The third kappa shape index (κ3) is 5.88. The molecular weight excluding hydrogens is 430 g/mol. The zero-order valence-corrected chi connectivity index (χ0v) is 24.3. The van der Waals surface area contributed by atoms with Crippen LogP contribution in [0.15, 0.2) is 11.6 Å². The Hall–Kier alpha value is -0.380. The summed E-state index contributed by atoms with van der Waals surface area (Å²) in [5.74, 6) is 5.47. The van der Waals surface area contributed by atoms with Crippen molar-refractivity contribution in [3.05, 3.63) is 11.6 Å². The lowest BCUT2D eigenvalue weighted by Gasteiger charge is -2.58. The summed E-state index contributed by atoms with van der Waals surface area (Å²) >= 11 is 0. The minimum atomic E-state index is 0.349. The fraction of sp³-hybridized carbons (Fsp3) is 0.938.